The first-order valence-corrected chi connectivity index (χ1v) is 6.00. The molecule has 1 saturated carbocycles. The van der Waals surface area contributed by atoms with Crippen molar-refractivity contribution in [2.75, 3.05) is 26.0 Å². The Labute approximate surface area is 97.9 Å². The molecule has 3 heteroatoms. The third-order valence-electron chi connectivity index (χ3n) is 3.36. The zero-order valence-electron chi connectivity index (χ0n) is 10.4. The molecular weight excluding hydrogens is 198 g/mol. The molecule has 0 amide bonds. The van der Waals surface area contributed by atoms with E-state index in [2.05, 4.69) is 35.2 Å². The molecule has 0 aromatic carbocycles. The van der Waals surface area contributed by atoms with Gasteiger partial charge in [-0.15, -0.1) is 0 Å². The molecule has 1 fully saturated rings. The molecule has 16 heavy (non-hydrogen) atoms. The molecule has 0 saturated heterocycles. The highest BCUT2D eigenvalue weighted by Crippen LogP contribution is 2.38. The highest BCUT2D eigenvalue weighted by molar-refractivity contribution is 5.34. The predicted octanol–water partition coefficient (Wildman–Crippen LogP) is 2.21. The van der Waals surface area contributed by atoms with Crippen molar-refractivity contribution in [2.45, 2.75) is 19.9 Å². The van der Waals surface area contributed by atoms with Gasteiger partial charge in [0.1, 0.15) is 5.82 Å². The van der Waals surface area contributed by atoms with Gasteiger partial charge in [0.25, 0.3) is 0 Å². The molecule has 0 bridgehead atoms. The van der Waals surface area contributed by atoms with Crippen LogP contribution >= 0.6 is 0 Å². The number of pyridine rings is 1. The molecule has 3 nitrogen and oxygen atoms in total. The second-order valence-electron chi connectivity index (χ2n) is 4.97. The second-order valence-corrected chi connectivity index (χ2v) is 4.97. The maximum Gasteiger partial charge on any atom is 0.125 e. The van der Waals surface area contributed by atoms with Crippen LogP contribution in [0.5, 0.6) is 0 Å². The van der Waals surface area contributed by atoms with Gasteiger partial charge in [0, 0.05) is 26.3 Å². The molecule has 88 valence electrons. The maximum absolute atomic E-state index is 4.32. The van der Waals surface area contributed by atoms with Crippen LogP contribution in [0.2, 0.25) is 0 Å². The van der Waals surface area contributed by atoms with E-state index in [1.807, 2.05) is 19.3 Å². The van der Waals surface area contributed by atoms with E-state index in [9.17, 15) is 0 Å². The number of hydrogen-bond donors (Lipinski definition) is 1. The lowest BCUT2D eigenvalue weighted by molar-refractivity contribution is 0.307. The molecule has 1 aliphatic carbocycles. The van der Waals surface area contributed by atoms with Crippen LogP contribution in [-0.4, -0.2) is 30.5 Å². The van der Waals surface area contributed by atoms with Gasteiger partial charge >= 0.3 is 0 Å². The zero-order valence-corrected chi connectivity index (χ0v) is 10.4. The average Bonchev–Trinajstić information content (AvgIpc) is 2.95. The fourth-order valence-corrected chi connectivity index (χ4v) is 2.10. The predicted molar refractivity (Wildman–Crippen MR) is 67.4 cm³/mol. The smallest absolute Gasteiger partial charge is 0.125 e. The van der Waals surface area contributed by atoms with Crippen molar-refractivity contribution >= 4 is 5.82 Å². The summed E-state index contributed by atoms with van der Waals surface area (Å²) < 4.78 is 0. The van der Waals surface area contributed by atoms with Gasteiger partial charge in [0.15, 0.2) is 0 Å². The summed E-state index contributed by atoms with van der Waals surface area (Å²) in [5, 5.41) is 3.03. The highest BCUT2D eigenvalue weighted by atomic mass is 15.1. The minimum atomic E-state index is 0.926. The van der Waals surface area contributed by atoms with Crippen LogP contribution < -0.4 is 5.32 Å². The van der Waals surface area contributed by atoms with Gasteiger partial charge in [0.2, 0.25) is 0 Å². The van der Waals surface area contributed by atoms with E-state index in [1.54, 1.807) is 0 Å². The lowest BCUT2D eigenvalue weighted by Gasteiger charge is -2.16. The van der Waals surface area contributed by atoms with Crippen molar-refractivity contribution in [3.05, 3.63) is 23.9 Å². The molecule has 1 aliphatic rings. The highest BCUT2D eigenvalue weighted by Gasteiger charge is 2.32. The number of rotatable bonds is 5. The molecule has 1 heterocycles. The van der Waals surface area contributed by atoms with Crippen LogP contribution in [0.25, 0.3) is 0 Å². The third-order valence-corrected chi connectivity index (χ3v) is 3.36. The molecule has 1 aromatic heterocycles. The van der Waals surface area contributed by atoms with Crippen molar-refractivity contribution in [3.63, 3.8) is 0 Å². The molecule has 2 rings (SSSR count). The molecule has 1 aromatic rings. The Balaban J connectivity index is 1.83. The second kappa shape index (κ2) is 4.83. The summed E-state index contributed by atoms with van der Waals surface area (Å²) in [7, 11) is 4.08. The molecule has 2 unspecified atom stereocenters. The summed E-state index contributed by atoms with van der Waals surface area (Å²) in [5.41, 5.74) is 1.29. The van der Waals surface area contributed by atoms with E-state index in [1.165, 1.54) is 18.5 Å². The molecular formula is C13H21N3. The fraction of sp³-hybridized carbons (Fsp3) is 0.615. The Bertz CT molecular complexity index is 334. The summed E-state index contributed by atoms with van der Waals surface area (Å²) in [5.74, 6) is 2.80. The van der Waals surface area contributed by atoms with Crippen LogP contribution in [0, 0.1) is 11.8 Å². The monoisotopic (exact) mass is 219 g/mol. The van der Waals surface area contributed by atoms with Gasteiger partial charge in [-0.3, -0.25) is 0 Å². The molecule has 2 atom stereocenters. The van der Waals surface area contributed by atoms with Gasteiger partial charge in [-0.1, -0.05) is 13.0 Å². The van der Waals surface area contributed by atoms with E-state index >= 15 is 0 Å². The summed E-state index contributed by atoms with van der Waals surface area (Å²) in [6.07, 6.45) is 3.36. The van der Waals surface area contributed by atoms with Crippen molar-refractivity contribution in [1.82, 2.24) is 9.88 Å². The fourth-order valence-electron chi connectivity index (χ4n) is 2.10. The minimum Gasteiger partial charge on any atom is -0.373 e. The number of aromatic nitrogens is 1. The first-order chi connectivity index (χ1) is 7.69. The van der Waals surface area contributed by atoms with Crippen LogP contribution in [0.4, 0.5) is 5.82 Å². The number of anilines is 1. The molecule has 0 radical (unpaired) electrons. The quantitative estimate of drug-likeness (QED) is 0.823. The Morgan fingerprint density at radius 3 is 2.75 bits per heavy atom. The Kier molecular flexibility index (Phi) is 3.44. The van der Waals surface area contributed by atoms with Gasteiger partial charge < -0.3 is 10.2 Å². The molecule has 0 aliphatic heterocycles. The Morgan fingerprint density at radius 1 is 1.50 bits per heavy atom. The van der Waals surface area contributed by atoms with Gasteiger partial charge in [0.05, 0.1) is 0 Å². The summed E-state index contributed by atoms with van der Waals surface area (Å²) >= 11 is 0. The minimum absolute atomic E-state index is 0.926. The van der Waals surface area contributed by atoms with Crippen LogP contribution in [-0.2, 0) is 6.54 Å². The maximum atomic E-state index is 4.32. The van der Waals surface area contributed by atoms with Crippen molar-refractivity contribution in [3.8, 4) is 0 Å². The summed E-state index contributed by atoms with van der Waals surface area (Å²) in [6, 6.07) is 4.18. The standard InChI is InChI=1S/C13H21N3/c1-10-6-12(10)9-16(3)8-11-4-5-13(14-2)15-7-11/h4-5,7,10,12H,6,8-9H2,1-3H3,(H,14,15). The van der Waals surface area contributed by atoms with Crippen LogP contribution in [0.3, 0.4) is 0 Å². The largest absolute Gasteiger partial charge is 0.373 e. The van der Waals surface area contributed by atoms with Crippen LogP contribution in [0.1, 0.15) is 18.9 Å². The molecule has 1 N–H and O–H groups in total. The van der Waals surface area contributed by atoms with E-state index in [4.69, 9.17) is 0 Å². The number of hydrogen-bond acceptors (Lipinski definition) is 3. The Hall–Kier alpha value is -1.09. The van der Waals surface area contributed by atoms with E-state index < -0.39 is 0 Å². The van der Waals surface area contributed by atoms with Crippen molar-refractivity contribution < 1.29 is 0 Å². The third kappa shape index (κ3) is 2.95. The Morgan fingerprint density at radius 2 is 2.25 bits per heavy atom. The number of nitrogens with zero attached hydrogens (tertiary/aromatic N) is 2. The van der Waals surface area contributed by atoms with E-state index in [0.29, 0.717) is 0 Å². The summed E-state index contributed by atoms with van der Waals surface area (Å²) in [6.45, 7) is 4.55. The first-order valence-electron chi connectivity index (χ1n) is 6.00. The lowest BCUT2D eigenvalue weighted by atomic mass is 10.2. The van der Waals surface area contributed by atoms with Gasteiger partial charge in [-0.05, 0) is 36.9 Å². The van der Waals surface area contributed by atoms with E-state index in [0.717, 1.165) is 24.2 Å². The van der Waals surface area contributed by atoms with Gasteiger partial charge in [-0.25, -0.2) is 4.98 Å². The summed E-state index contributed by atoms with van der Waals surface area (Å²) in [4.78, 5) is 6.72. The van der Waals surface area contributed by atoms with Crippen molar-refractivity contribution in [2.24, 2.45) is 11.8 Å². The zero-order chi connectivity index (χ0) is 11.5. The van der Waals surface area contributed by atoms with Gasteiger partial charge in [-0.2, -0.15) is 0 Å². The topological polar surface area (TPSA) is 28.2 Å². The first kappa shape index (κ1) is 11.4. The normalized spacial score (nSPS) is 23.5. The molecule has 0 spiro atoms. The van der Waals surface area contributed by atoms with E-state index in [-0.39, 0.29) is 0 Å². The SMILES string of the molecule is CNc1ccc(CN(C)CC2CC2C)cn1. The van der Waals surface area contributed by atoms with Crippen LogP contribution in [0.15, 0.2) is 18.3 Å². The average molecular weight is 219 g/mol. The van der Waals surface area contributed by atoms with Crippen molar-refractivity contribution in [1.29, 1.82) is 0 Å². The number of nitrogens with one attached hydrogen (secondary N) is 1. The lowest BCUT2D eigenvalue weighted by Crippen LogP contribution is -2.21.